The van der Waals surface area contributed by atoms with E-state index in [1.807, 2.05) is 6.92 Å². The summed E-state index contributed by atoms with van der Waals surface area (Å²) in [4.78, 5) is 4.69. The lowest BCUT2D eigenvalue weighted by Crippen LogP contribution is -2.06. The van der Waals surface area contributed by atoms with Crippen molar-refractivity contribution in [2.24, 2.45) is 0 Å². The second-order valence-electron chi connectivity index (χ2n) is 4.97. The van der Waals surface area contributed by atoms with Crippen LogP contribution in [-0.4, -0.2) is 11.5 Å². The number of nitrogens with zero attached hydrogens (tertiary/aromatic N) is 1. The molecule has 19 heavy (non-hydrogen) atoms. The SMILES string of the molecule is CCCNc1nc2c(C)cc(F)cc2cc1CCC. The lowest BCUT2D eigenvalue weighted by atomic mass is 10.1. The van der Waals surface area contributed by atoms with E-state index in [1.54, 1.807) is 12.1 Å². The van der Waals surface area contributed by atoms with E-state index < -0.39 is 0 Å². The minimum atomic E-state index is -0.191. The van der Waals surface area contributed by atoms with E-state index in [-0.39, 0.29) is 5.82 Å². The van der Waals surface area contributed by atoms with Gasteiger partial charge in [-0.15, -0.1) is 0 Å². The number of hydrogen-bond acceptors (Lipinski definition) is 2. The highest BCUT2D eigenvalue weighted by atomic mass is 19.1. The van der Waals surface area contributed by atoms with E-state index in [1.165, 1.54) is 5.56 Å². The molecular weight excluding hydrogens is 239 g/mol. The van der Waals surface area contributed by atoms with Gasteiger partial charge in [0.15, 0.2) is 0 Å². The Bertz CT molecular complexity index is 578. The summed E-state index contributed by atoms with van der Waals surface area (Å²) in [5.41, 5.74) is 2.95. The van der Waals surface area contributed by atoms with E-state index in [4.69, 9.17) is 4.98 Å². The second-order valence-corrected chi connectivity index (χ2v) is 4.97. The summed E-state index contributed by atoms with van der Waals surface area (Å²) in [6, 6.07) is 5.18. The fourth-order valence-electron chi connectivity index (χ4n) is 2.32. The van der Waals surface area contributed by atoms with Gasteiger partial charge < -0.3 is 5.32 Å². The Labute approximate surface area is 114 Å². The molecule has 0 atom stereocenters. The van der Waals surface area contributed by atoms with Crippen molar-refractivity contribution in [2.45, 2.75) is 40.0 Å². The van der Waals surface area contributed by atoms with Crippen molar-refractivity contribution in [2.75, 3.05) is 11.9 Å². The zero-order valence-electron chi connectivity index (χ0n) is 11.9. The first-order chi connectivity index (χ1) is 9.15. The summed E-state index contributed by atoms with van der Waals surface area (Å²) in [6.07, 6.45) is 3.08. The molecule has 102 valence electrons. The van der Waals surface area contributed by atoms with Crippen molar-refractivity contribution in [3.63, 3.8) is 0 Å². The quantitative estimate of drug-likeness (QED) is 0.858. The topological polar surface area (TPSA) is 24.9 Å². The van der Waals surface area contributed by atoms with E-state index >= 15 is 0 Å². The normalized spacial score (nSPS) is 10.9. The Morgan fingerprint density at radius 1 is 1.16 bits per heavy atom. The Hall–Kier alpha value is -1.64. The van der Waals surface area contributed by atoms with Crippen LogP contribution in [0.4, 0.5) is 10.2 Å². The number of halogens is 1. The fourth-order valence-corrected chi connectivity index (χ4v) is 2.32. The van der Waals surface area contributed by atoms with Gasteiger partial charge >= 0.3 is 0 Å². The lowest BCUT2D eigenvalue weighted by Gasteiger charge is -2.13. The second kappa shape index (κ2) is 6.00. The smallest absolute Gasteiger partial charge is 0.129 e. The molecule has 0 aliphatic carbocycles. The first-order valence-corrected chi connectivity index (χ1v) is 6.99. The summed E-state index contributed by atoms with van der Waals surface area (Å²) >= 11 is 0. The van der Waals surface area contributed by atoms with Crippen molar-refractivity contribution in [1.82, 2.24) is 4.98 Å². The van der Waals surface area contributed by atoms with Crippen molar-refractivity contribution in [1.29, 1.82) is 0 Å². The minimum Gasteiger partial charge on any atom is -0.370 e. The number of benzene rings is 1. The molecule has 0 radical (unpaired) electrons. The number of fused-ring (bicyclic) bond motifs is 1. The van der Waals surface area contributed by atoms with Gasteiger partial charge in [-0.05, 0) is 49.1 Å². The van der Waals surface area contributed by atoms with Crippen LogP contribution < -0.4 is 5.32 Å². The summed E-state index contributed by atoms with van der Waals surface area (Å²) in [5, 5.41) is 4.27. The molecule has 2 aromatic rings. The van der Waals surface area contributed by atoms with E-state index in [0.29, 0.717) is 0 Å². The third kappa shape index (κ3) is 3.03. The number of hydrogen-bond donors (Lipinski definition) is 1. The molecule has 2 rings (SSSR count). The minimum absolute atomic E-state index is 0.191. The van der Waals surface area contributed by atoms with Crippen LogP contribution >= 0.6 is 0 Å². The lowest BCUT2D eigenvalue weighted by molar-refractivity contribution is 0.628. The maximum absolute atomic E-state index is 13.5. The molecule has 1 heterocycles. The van der Waals surface area contributed by atoms with Crippen LogP contribution in [0.15, 0.2) is 18.2 Å². The molecule has 0 unspecified atom stereocenters. The Morgan fingerprint density at radius 2 is 1.95 bits per heavy atom. The summed E-state index contributed by atoms with van der Waals surface area (Å²) in [7, 11) is 0. The Kier molecular flexibility index (Phi) is 4.35. The standard InChI is InChI=1S/C16H21FN2/c1-4-6-12-9-13-10-14(17)8-11(3)15(13)19-16(12)18-7-5-2/h8-10H,4-7H2,1-3H3,(H,18,19). The molecule has 0 fully saturated rings. The number of anilines is 1. The van der Waals surface area contributed by atoms with E-state index in [2.05, 4.69) is 25.2 Å². The van der Waals surface area contributed by atoms with Crippen LogP contribution in [0.3, 0.4) is 0 Å². The predicted molar refractivity (Wildman–Crippen MR) is 79.2 cm³/mol. The van der Waals surface area contributed by atoms with E-state index in [9.17, 15) is 4.39 Å². The first kappa shape index (κ1) is 13.8. The molecule has 1 N–H and O–H groups in total. The van der Waals surface area contributed by atoms with Crippen LogP contribution in [-0.2, 0) is 6.42 Å². The van der Waals surface area contributed by atoms with Crippen LogP contribution in [0, 0.1) is 12.7 Å². The van der Waals surface area contributed by atoms with Gasteiger partial charge in [-0.25, -0.2) is 9.37 Å². The molecule has 0 bridgehead atoms. The third-order valence-corrected chi connectivity index (χ3v) is 3.21. The third-order valence-electron chi connectivity index (χ3n) is 3.21. The molecule has 0 saturated carbocycles. The van der Waals surface area contributed by atoms with Crippen LogP contribution in [0.5, 0.6) is 0 Å². The van der Waals surface area contributed by atoms with Gasteiger partial charge in [0.1, 0.15) is 11.6 Å². The largest absolute Gasteiger partial charge is 0.370 e. The summed E-state index contributed by atoms with van der Waals surface area (Å²) in [5.74, 6) is 0.759. The zero-order valence-corrected chi connectivity index (χ0v) is 11.9. The Morgan fingerprint density at radius 3 is 2.63 bits per heavy atom. The highest BCUT2D eigenvalue weighted by Crippen LogP contribution is 2.25. The highest BCUT2D eigenvalue weighted by molar-refractivity contribution is 5.84. The average molecular weight is 260 g/mol. The number of pyridine rings is 1. The Balaban J connectivity index is 2.55. The van der Waals surface area contributed by atoms with Crippen LogP contribution in [0.2, 0.25) is 0 Å². The van der Waals surface area contributed by atoms with Gasteiger partial charge in [0.05, 0.1) is 5.52 Å². The molecule has 0 aliphatic rings. The van der Waals surface area contributed by atoms with Gasteiger partial charge in [0.25, 0.3) is 0 Å². The number of rotatable bonds is 5. The maximum Gasteiger partial charge on any atom is 0.129 e. The van der Waals surface area contributed by atoms with Crippen molar-refractivity contribution in [3.05, 3.63) is 35.1 Å². The van der Waals surface area contributed by atoms with Crippen molar-refractivity contribution >= 4 is 16.7 Å². The molecule has 0 saturated heterocycles. The molecule has 1 aromatic carbocycles. The van der Waals surface area contributed by atoms with Crippen LogP contribution in [0.1, 0.15) is 37.8 Å². The predicted octanol–water partition coefficient (Wildman–Crippen LogP) is 4.46. The fraction of sp³-hybridized carbons (Fsp3) is 0.438. The molecule has 1 aromatic heterocycles. The summed E-state index contributed by atoms with van der Waals surface area (Å²) in [6.45, 7) is 7.09. The van der Waals surface area contributed by atoms with Gasteiger partial charge in [-0.1, -0.05) is 20.3 Å². The number of nitrogens with one attached hydrogen (secondary N) is 1. The van der Waals surface area contributed by atoms with Crippen molar-refractivity contribution in [3.8, 4) is 0 Å². The average Bonchev–Trinajstić information content (AvgIpc) is 2.37. The number of aryl methyl sites for hydroxylation is 2. The molecule has 0 aliphatic heterocycles. The van der Waals surface area contributed by atoms with E-state index in [0.717, 1.165) is 48.1 Å². The van der Waals surface area contributed by atoms with Gasteiger partial charge in [-0.3, -0.25) is 0 Å². The van der Waals surface area contributed by atoms with Gasteiger partial charge in [-0.2, -0.15) is 0 Å². The maximum atomic E-state index is 13.5. The first-order valence-electron chi connectivity index (χ1n) is 6.99. The molecule has 3 heteroatoms. The van der Waals surface area contributed by atoms with Gasteiger partial charge in [0, 0.05) is 11.9 Å². The molecule has 0 amide bonds. The number of aromatic nitrogens is 1. The highest BCUT2D eigenvalue weighted by Gasteiger charge is 2.09. The van der Waals surface area contributed by atoms with Gasteiger partial charge in [0.2, 0.25) is 0 Å². The molecule has 2 nitrogen and oxygen atoms in total. The monoisotopic (exact) mass is 260 g/mol. The zero-order chi connectivity index (χ0) is 13.8. The van der Waals surface area contributed by atoms with Crippen LogP contribution in [0.25, 0.3) is 10.9 Å². The van der Waals surface area contributed by atoms with Crippen molar-refractivity contribution < 1.29 is 4.39 Å². The molecular formula is C16H21FN2. The summed E-state index contributed by atoms with van der Waals surface area (Å²) < 4.78 is 13.5. The molecule has 0 spiro atoms.